The van der Waals surface area contributed by atoms with Gasteiger partial charge in [0.1, 0.15) is 12.1 Å². The van der Waals surface area contributed by atoms with Crippen LogP contribution in [0.15, 0.2) is 24.3 Å². The van der Waals surface area contributed by atoms with Crippen LogP contribution in [0, 0.1) is 5.92 Å². The van der Waals surface area contributed by atoms with Crippen molar-refractivity contribution in [3.8, 4) is 0 Å². The number of nitrogens with zero attached hydrogens (tertiary/aromatic N) is 4. The average molecular weight is 355 g/mol. The number of aromatic nitrogens is 3. The summed E-state index contributed by atoms with van der Waals surface area (Å²) in [6.07, 6.45) is 0. The lowest BCUT2D eigenvalue weighted by molar-refractivity contribution is -0.140. The SMILES string of the molecule is CC(=O)OCCN(C)c1nc2c(N)nc3ccccc3c2n1CC(C)C. The molecule has 0 spiro atoms. The van der Waals surface area contributed by atoms with Crippen molar-refractivity contribution in [2.24, 2.45) is 5.92 Å². The predicted molar refractivity (Wildman–Crippen MR) is 104 cm³/mol. The molecule has 0 aliphatic heterocycles. The van der Waals surface area contributed by atoms with Crippen molar-refractivity contribution in [2.75, 3.05) is 30.8 Å². The van der Waals surface area contributed by atoms with Crippen molar-refractivity contribution in [3.05, 3.63) is 24.3 Å². The van der Waals surface area contributed by atoms with Gasteiger partial charge in [-0.1, -0.05) is 32.0 Å². The molecule has 138 valence electrons. The van der Waals surface area contributed by atoms with Crippen LogP contribution in [-0.4, -0.2) is 40.7 Å². The van der Waals surface area contributed by atoms with Crippen LogP contribution in [0.25, 0.3) is 21.9 Å². The number of para-hydroxylation sites is 1. The fourth-order valence-electron chi connectivity index (χ4n) is 3.10. The number of pyridine rings is 1. The molecule has 7 heteroatoms. The van der Waals surface area contributed by atoms with Gasteiger partial charge < -0.3 is 19.9 Å². The van der Waals surface area contributed by atoms with E-state index in [4.69, 9.17) is 15.5 Å². The summed E-state index contributed by atoms with van der Waals surface area (Å²) in [5.74, 6) is 1.37. The summed E-state index contributed by atoms with van der Waals surface area (Å²) in [4.78, 5) is 22.3. The van der Waals surface area contributed by atoms with E-state index in [1.807, 2.05) is 36.2 Å². The van der Waals surface area contributed by atoms with Gasteiger partial charge in [0.25, 0.3) is 0 Å². The first-order valence-corrected chi connectivity index (χ1v) is 8.77. The average Bonchev–Trinajstić information content (AvgIpc) is 2.94. The van der Waals surface area contributed by atoms with Gasteiger partial charge in [0.15, 0.2) is 5.82 Å². The van der Waals surface area contributed by atoms with Crippen LogP contribution in [0.2, 0.25) is 0 Å². The summed E-state index contributed by atoms with van der Waals surface area (Å²) >= 11 is 0. The van der Waals surface area contributed by atoms with Gasteiger partial charge in [-0.15, -0.1) is 0 Å². The Morgan fingerprint density at radius 1 is 1.31 bits per heavy atom. The molecule has 0 atom stereocenters. The number of benzene rings is 1. The first-order valence-electron chi connectivity index (χ1n) is 8.77. The third-order valence-electron chi connectivity index (χ3n) is 4.21. The summed E-state index contributed by atoms with van der Waals surface area (Å²) in [7, 11) is 1.94. The smallest absolute Gasteiger partial charge is 0.302 e. The first kappa shape index (κ1) is 18.0. The lowest BCUT2D eigenvalue weighted by atomic mass is 10.1. The minimum Gasteiger partial charge on any atom is -0.464 e. The van der Waals surface area contributed by atoms with Gasteiger partial charge in [-0.25, -0.2) is 9.97 Å². The second-order valence-electron chi connectivity index (χ2n) is 6.89. The number of fused-ring (bicyclic) bond motifs is 3. The van der Waals surface area contributed by atoms with Crippen LogP contribution < -0.4 is 10.6 Å². The molecular formula is C19H25N5O2. The van der Waals surface area contributed by atoms with E-state index in [0.29, 0.717) is 30.4 Å². The maximum Gasteiger partial charge on any atom is 0.302 e. The van der Waals surface area contributed by atoms with Crippen molar-refractivity contribution < 1.29 is 9.53 Å². The minimum atomic E-state index is -0.284. The Kier molecular flexibility index (Phi) is 4.97. The zero-order chi connectivity index (χ0) is 18.8. The Hall–Kier alpha value is -2.83. The van der Waals surface area contributed by atoms with Crippen molar-refractivity contribution in [2.45, 2.75) is 27.3 Å². The van der Waals surface area contributed by atoms with E-state index in [1.54, 1.807) is 0 Å². The van der Waals surface area contributed by atoms with Gasteiger partial charge in [0.2, 0.25) is 5.95 Å². The Balaban J connectivity index is 2.14. The Bertz CT molecular complexity index is 948. The molecule has 0 radical (unpaired) electrons. The summed E-state index contributed by atoms with van der Waals surface area (Å²) in [6, 6.07) is 7.96. The second kappa shape index (κ2) is 7.19. The van der Waals surface area contributed by atoms with Gasteiger partial charge >= 0.3 is 5.97 Å². The molecule has 0 amide bonds. The molecule has 1 aromatic carbocycles. The van der Waals surface area contributed by atoms with E-state index in [0.717, 1.165) is 28.9 Å². The van der Waals surface area contributed by atoms with Gasteiger partial charge in [-0.05, 0) is 12.0 Å². The quantitative estimate of drug-likeness (QED) is 0.684. The summed E-state index contributed by atoms with van der Waals surface area (Å²) < 4.78 is 7.26. The van der Waals surface area contributed by atoms with Crippen LogP contribution in [0.3, 0.4) is 0 Å². The summed E-state index contributed by atoms with van der Waals surface area (Å²) in [5.41, 5.74) is 8.76. The largest absolute Gasteiger partial charge is 0.464 e. The number of likely N-dealkylation sites (N-methyl/N-ethyl adjacent to an activating group) is 1. The number of carbonyl (C=O) groups excluding carboxylic acids is 1. The highest BCUT2D eigenvalue weighted by Gasteiger charge is 2.20. The standard InChI is InChI=1S/C19H25N5O2/c1-12(2)11-24-17-14-7-5-6-8-15(14)21-18(20)16(17)22-19(24)23(4)9-10-26-13(3)25/h5-8,12H,9-11H2,1-4H3,(H2,20,21). The molecule has 3 rings (SSSR count). The third kappa shape index (κ3) is 3.42. The molecule has 3 aromatic rings. The van der Waals surface area contributed by atoms with Gasteiger partial charge in [0, 0.05) is 25.9 Å². The zero-order valence-electron chi connectivity index (χ0n) is 15.7. The zero-order valence-corrected chi connectivity index (χ0v) is 15.7. The van der Waals surface area contributed by atoms with Gasteiger partial charge in [-0.3, -0.25) is 4.79 Å². The molecule has 0 fully saturated rings. The number of carbonyl (C=O) groups is 1. The molecular weight excluding hydrogens is 330 g/mol. The molecule has 2 aromatic heterocycles. The van der Waals surface area contributed by atoms with E-state index in [1.165, 1.54) is 6.92 Å². The van der Waals surface area contributed by atoms with Crippen molar-refractivity contribution in [3.63, 3.8) is 0 Å². The number of esters is 1. The van der Waals surface area contributed by atoms with Gasteiger partial charge in [-0.2, -0.15) is 0 Å². The highest BCUT2D eigenvalue weighted by molar-refractivity contribution is 6.07. The van der Waals surface area contributed by atoms with Crippen LogP contribution in [0.1, 0.15) is 20.8 Å². The van der Waals surface area contributed by atoms with E-state index < -0.39 is 0 Å². The molecule has 0 bridgehead atoms. The monoisotopic (exact) mass is 355 g/mol. The molecule has 2 heterocycles. The lowest BCUT2D eigenvalue weighted by Crippen LogP contribution is -2.27. The molecule has 0 unspecified atom stereocenters. The number of nitrogen functional groups attached to an aromatic ring is 1. The number of hydrogen-bond acceptors (Lipinski definition) is 6. The van der Waals surface area contributed by atoms with Crippen molar-refractivity contribution in [1.29, 1.82) is 0 Å². The Labute approximate surface area is 152 Å². The third-order valence-corrected chi connectivity index (χ3v) is 4.21. The lowest BCUT2D eigenvalue weighted by Gasteiger charge is -2.21. The molecule has 7 nitrogen and oxygen atoms in total. The molecule has 26 heavy (non-hydrogen) atoms. The summed E-state index contributed by atoms with van der Waals surface area (Å²) in [6.45, 7) is 7.41. The number of hydrogen-bond donors (Lipinski definition) is 1. The van der Waals surface area contributed by atoms with E-state index in [-0.39, 0.29) is 5.97 Å². The number of imidazole rings is 1. The Morgan fingerprint density at radius 2 is 2.04 bits per heavy atom. The predicted octanol–water partition coefficient (Wildman–Crippen LogP) is 2.82. The second-order valence-corrected chi connectivity index (χ2v) is 6.89. The van der Waals surface area contributed by atoms with E-state index in [9.17, 15) is 4.79 Å². The number of ether oxygens (including phenoxy) is 1. The molecule has 0 saturated heterocycles. The van der Waals surface area contributed by atoms with E-state index in [2.05, 4.69) is 23.4 Å². The minimum absolute atomic E-state index is 0.284. The van der Waals surface area contributed by atoms with Crippen LogP contribution in [-0.2, 0) is 16.1 Å². The van der Waals surface area contributed by atoms with E-state index >= 15 is 0 Å². The molecule has 0 aliphatic rings. The number of rotatable bonds is 6. The van der Waals surface area contributed by atoms with Crippen molar-refractivity contribution in [1.82, 2.24) is 14.5 Å². The fourth-order valence-corrected chi connectivity index (χ4v) is 3.10. The van der Waals surface area contributed by atoms with Crippen LogP contribution in [0.4, 0.5) is 11.8 Å². The maximum absolute atomic E-state index is 11.0. The Morgan fingerprint density at radius 3 is 2.73 bits per heavy atom. The van der Waals surface area contributed by atoms with Gasteiger partial charge in [0.05, 0.1) is 17.6 Å². The summed E-state index contributed by atoms with van der Waals surface area (Å²) in [5, 5.41) is 1.03. The first-order chi connectivity index (χ1) is 12.4. The normalized spacial score (nSPS) is 11.4. The fraction of sp³-hybridized carbons (Fsp3) is 0.421. The topological polar surface area (TPSA) is 86.3 Å². The van der Waals surface area contributed by atoms with Crippen molar-refractivity contribution >= 4 is 39.7 Å². The highest BCUT2D eigenvalue weighted by atomic mass is 16.5. The maximum atomic E-state index is 11.0. The highest BCUT2D eigenvalue weighted by Crippen LogP contribution is 2.32. The van der Waals surface area contributed by atoms with Crippen LogP contribution in [0.5, 0.6) is 0 Å². The molecule has 0 saturated carbocycles. The van der Waals surface area contributed by atoms with Crippen LogP contribution >= 0.6 is 0 Å². The molecule has 0 aliphatic carbocycles. The number of anilines is 2. The molecule has 2 N–H and O–H groups in total. The number of nitrogens with two attached hydrogens (primary N) is 1.